The average molecular weight is 492 g/mol. The van der Waals surface area contributed by atoms with Gasteiger partial charge in [0.1, 0.15) is 11.5 Å². The van der Waals surface area contributed by atoms with Gasteiger partial charge in [-0.25, -0.2) is 18.7 Å². The zero-order valence-corrected chi connectivity index (χ0v) is 20.3. The summed E-state index contributed by atoms with van der Waals surface area (Å²) in [4.78, 5) is 9.24. The van der Waals surface area contributed by atoms with Gasteiger partial charge < -0.3 is 16.0 Å². The summed E-state index contributed by atoms with van der Waals surface area (Å²) in [7, 11) is 0. The number of halogens is 2. The fourth-order valence-corrected chi connectivity index (χ4v) is 5.66. The van der Waals surface area contributed by atoms with Crippen LogP contribution < -0.4 is 16.0 Å². The summed E-state index contributed by atoms with van der Waals surface area (Å²) >= 11 is 1.46. The molecule has 1 unspecified atom stereocenters. The Morgan fingerprint density at radius 3 is 2.89 bits per heavy atom. The molecule has 2 aromatic heterocycles. The number of hydrogen-bond acceptors (Lipinski definition) is 6. The van der Waals surface area contributed by atoms with E-state index in [4.69, 9.17) is 0 Å². The monoisotopic (exact) mass is 491 g/mol. The number of fused-ring (bicyclic) bond motifs is 1. The molecule has 1 saturated heterocycles. The van der Waals surface area contributed by atoms with E-state index in [0.717, 1.165) is 46.2 Å². The fraction of sp³-hybridized carbons (Fsp3) is 0.259. The minimum absolute atomic E-state index is 0.204. The van der Waals surface area contributed by atoms with E-state index in [9.17, 15) is 8.78 Å². The van der Waals surface area contributed by atoms with Gasteiger partial charge in [-0.1, -0.05) is 30.3 Å². The lowest BCUT2D eigenvalue weighted by Crippen LogP contribution is -2.18. The van der Waals surface area contributed by atoms with E-state index in [1.54, 1.807) is 6.07 Å². The highest BCUT2D eigenvalue weighted by molar-refractivity contribution is 7.22. The van der Waals surface area contributed by atoms with E-state index in [2.05, 4.69) is 25.9 Å². The standard InChI is InChI=1S/C27H27F2N5S/c1-2-10-30-12-13-32-27-33-16-22(29)25(34-27)24-14-17-5-3-6-20(26(17)35-24)21-15-18(28)8-9-19(21)23-7-4-11-31-23/h2-3,5-6,8-10,14-16,23,30-31H,4,7,11-13H2,1H3,(H,32,33,34)/b10-2-. The van der Waals surface area contributed by atoms with Crippen molar-refractivity contribution in [2.24, 2.45) is 0 Å². The zero-order chi connectivity index (χ0) is 24.2. The first-order valence-electron chi connectivity index (χ1n) is 11.8. The van der Waals surface area contributed by atoms with E-state index in [-0.39, 0.29) is 17.6 Å². The molecule has 5 nitrogen and oxygen atoms in total. The van der Waals surface area contributed by atoms with Crippen LogP contribution >= 0.6 is 11.3 Å². The molecule has 0 aliphatic carbocycles. The van der Waals surface area contributed by atoms with Crippen LogP contribution in [0.25, 0.3) is 31.8 Å². The van der Waals surface area contributed by atoms with Gasteiger partial charge in [-0.2, -0.15) is 0 Å². The summed E-state index contributed by atoms with van der Waals surface area (Å²) in [6.45, 7) is 4.19. The number of nitrogens with zero attached hydrogens (tertiary/aromatic N) is 2. The van der Waals surface area contributed by atoms with Crippen molar-refractivity contribution in [2.75, 3.05) is 25.0 Å². The summed E-state index contributed by atoms with van der Waals surface area (Å²) in [5.41, 5.74) is 3.18. The summed E-state index contributed by atoms with van der Waals surface area (Å²) in [5.74, 6) is -0.365. The SMILES string of the molecule is C/C=C\NCCNc1ncc(F)c(-c2cc3cccc(-c4cc(F)ccc4C4CCCN4)c3s2)n1. The molecular formula is C27H27F2N5S. The van der Waals surface area contributed by atoms with Crippen LogP contribution in [0, 0.1) is 11.6 Å². The van der Waals surface area contributed by atoms with Gasteiger partial charge in [0, 0.05) is 23.8 Å². The topological polar surface area (TPSA) is 61.9 Å². The van der Waals surface area contributed by atoms with Gasteiger partial charge in [0.05, 0.1) is 11.1 Å². The number of thiophene rings is 1. The molecule has 0 radical (unpaired) electrons. The van der Waals surface area contributed by atoms with Crippen LogP contribution in [0.15, 0.2) is 60.9 Å². The third kappa shape index (κ3) is 5.04. The van der Waals surface area contributed by atoms with E-state index in [1.165, 1.54) is 23.6 Å². The number of aromatic nitrogens is 2. The van der Waals surface area contributed by atoms with Crippen molar-refractivity contribution in [3.05, 3.63) is 78.1 Å². The molecule has 1 aliphatic heterocycles. The Bertz CT molecular complexity index is 1360. The Labute approximate surface area is 207 Å². The van der Waals surface area contributed by atoms with E-state index < -0.39 is 5.82 Å². The number of anilines is 1. The second-order valence-electron chi connectivity index (χ2n) is 8.49. The first-order chi connectivity index (χ1) is 17.1. The number of nitrogens with one attached hydrogen (secondary N) is 3. The molecule has 0 spiro atoms. The van der Waals surface area contributed by atoms with Crippen LogP contribution in [0.3, 0.4) is 0 Å². The van der Waals surface area contributed by atoms with Gasteiger partial charge in [0.15, 0.2) is 5.82 Å². The Balaban J connectivity index is 1.51. The summed E-state index contributed by atoms with van der Waals surface area (Å²) in [5, 5.41) is 10.8. The van der Waals surface area contributed by atoms with Crippen molar-refractivity contribution < 1.29 is 8.78 Å². The van der Waals surface area contributed by atoms with Crippen LogP contribution in [0.1, 0.15) is 31.4 Å². The van der Waals surface area contributed by atoms with Crippen LogP contribution in [0.4, 0.5) is 14.7 Å². The molecule has 35 heavy (non-hydrogen) atoms. The van der Waals surface area contributed by atoms with Gasteiger partial charge in [-0.15, -0.1) is 11.3 Å². The molecule has 1 atom stereocenters. The van der Waals surface area contributed by atoms with Crippen LogP contribution in [-0.4, -0.2) is 29.6 Å². The maximum Gasteiger partial charge on any atom is 0.223 e. The zero-order valence-electron chi connectivity index (χ0n) is 19.4. The minimum Gasteiger partial charge on any atom is -0.389 e. The summed E-state index contributed by atoms with van der Waals surface area (Å²) < 4.78 is 30.1. The largest absolute Gasteiger partial charge is 0.389 e. The van der Waals surface area contributed by atoms with Crippen molar-refractivity contribution in [1.29, 1.82) is 0 Å². The van der Waals surface area contributed by atoms with Gasteiger partial charge >= 0.3 is 0 Å². The first-order valence-corrected chi connectivity index (χ1v) is 12.6. The van der Waals surface area contributed by atoms with Crippen molar-refractivity contribution >= 4 is 27.4 Å². The third-order valence-corrected chi connectivity index (χ3v) is 7.29. The Kier molecular flexibility index (Phi) is 7.01. The molecule has 3 N–H and O–H groups in total. The molecule has 180 valence electrons. The molecule has 5 rings (SSSR count). The van der Waals surface area contributed by atoms with Gasteiger partial charge in [-0.3, -0.25) is 0 Å². The molecular weight excluding hydrogens is 464 g/mol. The average Bonchev–Trinajstić information content (AvgIpc) is 3.55. The highest BCUT2D eigenvalue weighted by Crippen LogP contribution is 2.42. The maximum absolute atomic E-state index is 14.8. The lowest BCUT2D eigenvalue weighted by Gasteiger charge is -2.17. The highest BCUT2D eigenvalue weighted by atomic mass is 32.1. The normalized spacial score (nSPS) is 15.8. The maximum atomic E-state index is 14.8. The lowest BCUT2D eigenvalue weighted by molar-refractivity contribution is 0.618. The van der Waals surface area contributed by atoms with Crippen molar-refractivity contribution in [1.82, 2.24) is 20.6 Å². The molecule has 0 saturated carbocycles. The molecule has 1 fully saturated rings. The third-order valence-electron chi connectivity index (χ3n) is 6.10. The molecule has 1 aliphatic rings. The molecule has 3 heterocycles. The molecule has 4 aromatic rings. The van der Waals surface area contributed by atoms with Crippen LogP contribution in [-0.2, 0) is 0 Å². The molecule has 8 heteroatoms. The van der Waals surface area contributed by atoms with Crippen molar-refractivity contribution in [2.45, 2.75) is 25.8 Å². The summed E-state index contributed by atoms with van der Waals surface area (Å²) in [6, 6.07) is 13.1. The quantitative estimate of drug-likeness (QED) is 0.254. The van der Waals surface area contributed by atoms with Gasteiger partial charge in [-0.05, 0) is 72.8 Å². The summed E-state index contributed by atoms with van der Waals surface area (Å²) in [6.07, 6.45) is 7.10. The molecule has 2 aromatic carbocycles. The number of rotatable bonds is 8. The van der Waals surface area contributed by atoms with E-state index >= 15 is 0 Å². The first kappa shape index (κ1) is 23.4. The predicted molar refractivity (Wildman–Crippen MR) is 139 cm³/mol. The second kappa shape index (κ2) is 10.5. The van der Waals surface area contributed by atoms with Crippen molar-refractivity contribution in [3.63, 3.8) is 0 Å². The Hall–Kier alpha value is -3.36. The van der Waals surface area contributed by atoms with E-state index in [0.29, 0.717) is 23.9 Å². The van der Waals surface area contributed by atoms with Crippen LogP contribution in [0.5, 0.6) is 0 Å². The Morgan fingerprint density at radius 2 is 2.06 bits per heavy atom. The highest BCUT2D eigenvalue weighted by Gasteiger charge is 2.22. The minimum atomic E-state index is -0.475. The fourth-order valence-electron chi connectivity index (χ4n) is 4.48. The second-order valence-corrected chi connectivity index (χ2v) is 9.54. The molecule has 0 amide bonds. The Morgan fingerprint density at radius 1 is 1.14 bits per heavy atom. The lowest BCUT2D eigenvalue weighted by atomic mass is 9.93. The van der Waals surface area contributed by atoms with Gasteiger partial charge in [0.25, 0.3) is 0 Å². The smallest absolute Gasteiger partial charge is 0.223 e. The van der Waals surface area contributed by atoms with Crippen molar-refractivity contribution in [3.8, 4) is 21.7 Å². The molecule has 0 bridgehead atoms. The number of benzene rings is 2. The van der Waals surface area contributed by atoms with E-state index in [1.807, 2.05) is 49.5 Å². The predicted octanol–water partition coefficient (Wildman–Crippen LogP) is 6.26. The number of allylic oxidation sites excluding steroid dienone is 1. The van der Waals surface area contributed by atoms with Crippen LogP contribution in [0.2, 0.25) is 0 Å². The van der Waals surface area contributed by atoms with Gasteiger partial charge in [0.2, 0.25) is 5.95 Å². The number of hydrogen-bond donors (Lipinski definition) is 3.